The number of hydrogen-bond acceptors (Lipinski definition) is 3. The van der Waals surface area contributed by atoms with Gasteiger partial charge in [0.2, 0.25) is 0 Å². The van der Waals surface area contributed by atoms with Gasteiger partial charge in [0.25, 0.3) is 5.91 Å². The van der Waals surface area contributed by atoms with Crippen molar-refractivity contribution in [2.45, 2.75) is 39.7 Å². The van der Waals surface area contributed by atoms with Gasteiger partial charge in [0.1, 0.15) is 11.5 Å². The van der Waals surface area contributed by atoms with E-state index in [9.17, 15) is 4.79 Å². The van der Waals surface area contributed by atoms with E-state index >= 15 is 0 Å². The van der Waals surface area contributed by atoms with Gasteiger partial charge in [-0.15, -0.1) is 0 Å². The van der Waals surface area contributed by atoms with Crippen LogP contribution < -0.4 is 14.8 Å². The van der Waals surface area contributed by atoms with Crippen molar-refractivity contribution in [2.24, 2.45) is 0 Å². The van der Waals surface area contributed by atoms with E-state index in [4.69, 9.17) is 9.47 Å². The van der Waals surface area contributed by atoms with Crippen molar-refractivity contribution in [1.82, 2.24) is 0 Å². The second-order valence-corrected chi connectivity index (χ2v) is 5.87. The first-order chi connectivity index (χ1) is 11.5. The zero-order valence-corrected chi connectivity index (χ0v) is 14.7. The molecule has 0 saturated carbocycles. The maximum atomic E-state index is 12.5. The van der Waals surface area contributed by atoms with Gasteiger partial charge < -0.3 is 14.8 Å². The average molecular weight is 327 g/mol. The summed E-state index contributed by atoms with van der Waals surface area (Å²) in [6.45, 7) is 8.40. The molecule has 0 bridgehead atoms. The average Bonchev–Trinajstić information content (AvgIpc) is 2.57. The SMILES string of the molecule is CCOc1ccccc1NC(=O)[C@H](C)Oc1ccccc1C(C)C. The van der Waals surface area contributed by atoms with Gasteiger partial charge >= 0.3 is 0 Å². The highest BCUT2D eigenvalue weighted by molar-refractivity contribution is 5.95. The Morgan fingerprint density at radius 2 is 1.62 bits per heavy atom. The summed E-state index contributed by atoms with van der Waals surface area (Å²) in [5.74, 6) is 1.52. The Morgan fingerprint density at radius 3 is 2.29 bits per heavy atom. The summed E-state index contributed by atoms with van der Waals surface area (Å²) in [4.78, 5) is 12.5. The maximum Gasteiger partial charge on any atom is 0.265 e. The van der Waals surface area contributed by atoms with Crippen molar-refractivity contribution in [3.63, 3.8) is 0 Å². The Labute approximate surface area is 143 Å². The molecule has 0 spiro atoms. The Kier molecular flexibility index (Phi) is 6.24. The van der Waals surface area contributed by atoms with E-state index < -0.39 is 6.10 Å². The zero-order chi connectivity index (χ0) is 17.5. The van der Waals surface area contributed by atoms with Gasteiger partial charge in [-0.05, 0) is 43.5 Å². The van der Waals surface area contributed by atoms with Gasteiger partial charge in [-0.1, -0.05) is 44.2 Å². The van der Waals surface area contributed by atoms with E-state index in [0.29, 0.717) is 24.0 Å². The van der Waals surface area contributed by atoms with Gasteiger partial charge in [-0.3, -0.25) is 4.79 Å². The summed E-state index contributed by atoms with van der Waals surface area (Å²) in [5.41, 5.74) is 1.74. The standard InChI is InChI=1S/C20H25NO3/c1-5-23-19-13-9-7-11-17(19)21-20(22)15(4)24-18-12-8-6-10-16(18)14(2)3/h6-15H,5H2,1-4H3,(H,21,22)/t15-/m0/s1. The molecule has 128 valence electrons. The van der Waals surface area contributed by atoms with Crippen LogP contribution in [0.15, 0.2) is 48.5 Å². The number of rotatable bonds is 7. The molecule has 0 aliphatic heterocycles. The normalized spacial score (nSPS) is 11.9. The molecule has 4 nitrogen and oxygen atoms in total. The molecule has 1 N–H and O–H groups in total. The van der Waals surface area contributed by atoms with E-state index in [2.05, 4.69) is 19.2 Å². The van der Waals surface area contributed by atoms with Crippen LogP contribution in [0.1, 0.15) is 39.2 Å². The number of amides is 1. The Hall–Kier alpha value is -2.49. The van der Waals surface area contributed by atoms with Gasteiger partial charge in [0.05, 0.1) is 12.3 Å². The molecule has 0 aromatic heterocycles. The molecule has 0 unspecified atom stereocenters. The number of nitrogens with one attached hydrogen (secondary N) is 1. The Balaban J connectivity index is 2.08. The molecule has 0 fully saturated rings. The minimum absolute atomic E-state index is 0.208. The lowest BCUT2D eigenvalue weighted by Crippen LogP contribution is -2.30. The lowest BCUT2D eigenvalue weighted by molar-refractivity contribution is -0.122. The predicted molar refractivity (Wildman–Crippen MR) is 96.9 cm³/mol. The van der Waals surface area contributed by atoms with Crippen molar-refractivity contribution in [1.29, 1.82) is 0 Å². The molecular formula is C20H25NO3. The number of ether oxygens (including phenoxy) is 2. The molecule has 1 amide bonds. The number of carbonyl (C=O) groups is 1. The van der Waals surface area contributed by atoms with Crippen LogP contribution in [0.4, 0.5) is 5.69 Å². The third-order valence-electron chi connectivity index (χ3n) is 3.66. The Bertz CT molecular complexity index is 682. The van der Waals surface area contributed by atoms with Crippen molar-refractivity contribution in [2.75, 3.05) is 11.9 Å². The highest BCUT2D eigenvalue weighted by Gasteiger charge is 2.18. The monoisotopic (exact) mass is 327 g/mol. The lowest BCUT2D eigenvalue weighted by Gasteiger charge is -2.19. The van der Waals surface area contributed by atoms with E-state index in [1.807, 2.05) is 55.5 Å². The molecule has 2 rings (SSSR count). The number of para-hydroxylation sites is 3. The van der Waals surface area contributed by atoms with E-state index in [0.717, 1.165) is 11.3 Å². The Morgan fingerprint density at radius 1 is 1.00 bits per heavy atom. The minimum Gasteiger partial charge on any atom is -0.492 e. The third kappa shape index (κ3) is 4.51. The van der Waals surface area contributed by atoms with Gasteiger partial charge in [-0.2, -0.15) is 0 Å². The zero-order valence-electron chi connectivity index (χ0n) is 14.7. The van der Waals surface area contributed by atoms with Crippen LogP contribution in [-0.4, -0.2) is 18.6 Å². The van der Waals surface area contributed by atoms with Crippen LogP contribution in [0.25, 0.3) is 0 Å². The van der Waals surface area contributed by atoms with Gasteiger partial charge in [-0.25, -0.2) is 0 Å². The highest BCUT2D eigenvalue weighted by atomic mass is 16.5. The molecule has 0 radical (unpaired) electrons. The summed E-state index contributed by atoms with van der Waals surface area (Å²) >= 11 is 0. The molecule has 4 heteroatoms. The fourth-order valence-electron chi connectivity index (χ4n) is 2.39. The molecule has 1 atom stereocenters. The first-order valence-corrected chi connectivity index (χ1v) is 8.31. The number of hydrogen-bond donors (Lipinski definition) is 1. The molecule has 0 aliphatic carbocycles. The lowest BCUT2D eigenvalue weighted by atomic mass is 10.0. The van der Waals surface area contributed by atoms with Crippen molar-refractivity contribution in [3.05, 3.63) is 54.1 Å². The molecule has 0 heterocycles. The molecule has 2 aromatic rings. The van der Waals surface area contributed by atoms with Crippen LogP contribution in [0.3, 0.4) is 0 Å². The number of benzene rings is 2. The maximum absolute atomic E-state index is 12.5. The van der Waals surface area contributed by atoms with Crippen LogP contribution in [0.5, 0.6) is 11.5 Å². The summed E-state index contributed by atoms with van der Waals surface area (Å²) in [6, 6.07) is 15.2. The minimum atomic E-state index is -0.611. The highest BCUT2D eigenvalue weighted by Crippen LogP contribution is 2.27. The summed E-state index contributed by atoms with van der Waals surface area (Å²) < 4.78 is 11.4. The fraction of sp³-hybridized carbons (Fsp3) is 0.350. The molecule has 0 aliphatic rings. The fourth-order valence-corrected chi connectivity index (χ4v) is 2.39. The molecule has 2 aromatic carbocycles. The second kappa shape index (κ2) is 8.39. The number of carbonyl (C=O) groups excluding carboxylic acids is 1. The number of anilines is 1. The van der Waals surface area contributed by atoms with E-state index in [1.54, 1.807) is 6.92 Å². The van der Waals surface area contributed by atoms with E-state index in [-0.39, 0.29) is 5.91 Å². The van der Waals surface area contributed by atoms with Crippen LogP contribution >= 0.6 is 0 Å². The first kappa shape index (κ1) is 17.9. The quantitative estimate of drug-likeness (QED) is 0.807. The largest absolute Gasteiger partial charge is 0.492 e. The van der Waals surface area contributed by atoms with Crippen LogP contribution in [0.2, 0.25) is 0 Å². The van der Waals surface area contributed by atoms with Crippen LogP contribution in [0, 0.1) is 0 Å². The second-order valence-electron chi connectivity index (χ2n) is 5.87. The summed E-state index contributed by atoms with van der Waals surface area (Å²) in [5, 5.41) is 2.88. The molecular weight excluding hydrogens is 302 g/mol. The molecule has 0 saturated heterocycles. The first-order valence-electron chi connectivity index (χ1n) is 8.31. The smallest absolute Gasteiger partial charge is 0.265 e. The molecule has 24 heavy (non-hydrogen) atoms. The summed E-state index contributed by atoms with van der Waals surface area (Å²) in [7, 11) is 0. The van der Waals surface area contributed by atoms with Gasteiger partial charge in [0.15, 0.2) is 6.10 Å². The van der Waals surface area contributed by atoms with Crippen molar-refractivity contribution in [3.8, 4) is 11.5 Å². The topological polar surface area (TPSA) is 47.6 Å². The van der Waals surface area contributed by atoms with Crippen molar-refractivity contribution >= 4 is 11.6 Å². The van der Waals surface area contributed by atoms with Crippen LogP contribution in [-0.2, 0) is 4.79 Å². The summed E-state index contributed by atoms with van der Waals surface area (Å²) in [6.07, 6.45) is -0.611. The third-order valence-corrected chi connectivity index (χ3v) is 3.66. The van der Waals surface area contributed by atoms with Crippen molar-refractivity contribution < 1.29 is 14.3 Å². The van der Waals surface area contributed by atoms with Gasteiger partial charge in [0, 0.05) is 0 Å². The van der Waals surface area contributed by atoms with E-state index in [1.165, 1.54) is 0 Å². The predicted octanol–water partition coefficient (Wildman–Crippen LogP) is 4.61.